The Bertz CT molecular complexity index is 321. The third kappa shape index (κ3) is 3.25. The number of piperidine rings is 1. The third-order valence-corrected chi connectivity index (χ3v) is 3.83. The van der Waals surface area contributed by atoms with Gasteiger partial charge in [-0.25, -0.2) is 4.98 Å². The lowest BCUT2D eigenvalue weighted by Crippen LogP contribution is -2.34. The van der Waals surface area contributed by atoms with Crippen molar-refractivity contribution >= 4 is 11.3 Å². The van der Waals surface area contributed by atoms with Gasteiger partial charge in [-0.2, -0.15) is 0 Å². The van der Waals surface area contributed by atoms with Gasteiger partial charge in [0, 0.05) is 25.0 Å². The smallest absolute Gasteiger partial charge is 0.107 e. The van der Waals surface area contributed by atoms with Crippen LogP contribution in [0.15, 0.2) is 5.38 Å². The molecule has 16 heavy (non-hydrogen) atoms. The van der Waals surface area contributed by atoms with E-state index in [4.69, 9.17) is 10.5 Å². The van der Waals surface area contributed by atoms with Crippen LogP contribution in [0.5, 0.6) is 0 Å². The zero-order chi connectivity index (χ0) is 11.4. The summed E-state index contributed by atoms with van der Waals surface area (Å²) in [6, 6.07) is 0. The van der Waals surface area contributed by atoms with Crippen LogP contribution in [0.1, 0.15) is 23.5 Å². The number of nitrogens with two attached hydrogens (primary N) is 1. The molecule has 1 aromatic rings. The zero-order valence-electron chi connectivity index (χ0n) is 9.69. The lowest BCUT2D eigenvalue weighted by Gasteiger charge is -2.28. The van der Waals surface area contributed by atoms with E-state index in [-0.39, 0.29) is 0 Å². The molecule has 5 heteroatoms. The molecule has 0 unspecified atom stereocenters. The van der Waals surface area contributed by atoms with E-state index in [1.807, 2.05) is 5.38 Å². The van der Waals surface area contributed by atoms with Gasteiger partial charge in [0.2, 0.25) is 0 Å². The molecule has 0 radical (unpaired) electrons. The predicted octanol–water partition coefficient (Wildman–Crippen LogP) is 1.21. The lowest BCUT2D eigenvalue weighted by molar-refractivity contribution is 0.000906. The Labute approximate surface area is 100 Å². The minimum Gasteiger partial charge on any atom is -0.372 e. The Morgan fingerprint density at radius 3 is 2.94 bits per heavy atom. The molecular weight excluding hydrogens is 222 g/mol. The Balaban J connectivity index is 1.74. The van der Waals surface area contributed by atoms with Crippen molar-refractivity contribution in [1.82, 2.24) is 9.88 Å². The number of ether oxygens (including phenoxy) is 1. The molecule has 1 aromatic heterocycles. The molecule has 2 rings (SSSR count). The fourth-order valence-corrected chi connectivity index (χ4v) is 2.52. The first-order valence-electron chi connectivity index (χ1n) is 5.71. The maximum atomic E-state index is 5.85. The van der Waals surface area contributed by atoms with Gasteiger partial charge in [0.05, 0.1) is 18.4 Å². The number of thiazole rings is 1. The lowest BCUT2D eigenvalue weighted by atomic mass is 10.1. The van der Waals surface area contributed by atoms with Gasteiger partial charge in [-0.15, -0.1) is 11.3 Å². The van der Waals surface area contributed by atoms with Gasteiger partial charge in [0.15, 0.2) is 0 Å². The van der Waals surface area contributed by atoms with Gasteiger partial charge in [-0.3, -0.25) is 0 Å². The molecule has 90 valence electrons. The van der Waals surface area contributed by atoms with Gasteiger partial charge >= 0.3 is 0 Å². The van der Waals surface area contributed by atoms with Gasteiger partial charge in [0.25, 0.3) is 0 Å². The zero-order valence-corrected chi connectivity index (χ0v) is 10.5. The topological polar surface area (TPSA) is 51.4 Å². The minimum absolute atomic E-state index is 0.402. The van der Waals surface area contributed by atoms with Crippen molar-refractivity contribution in [3.8, 4) is 0 Å². The predicted molar refractivity (Wildman–Crippen MR) is 65.3 cm³/mol. The van der Waals surface area contributed by atoms with E-state index in [1.165, 1.54) is 0 Å². The van der Waals surface area contributed by atoms with E-state index in [9.17, 15) is 0 Å². The Hall–Kier alpha value is -0.490. The molecule has 4 nitrogen and oxygen atoms in total. The molecule has 0 bridgehead atoms. The standard InChI is InChI=1S/C11H19N3OS/c1-14-4-2-10(3-5-14)15-7-9-8-16-11(6-12)13-9/h8,10H,2-7,12H2,1H3. The van der Waals surface area contributed by atoms with Crippen LogP contribution in [0.4, 0.5) is 0 Å². The molecule has 1 saturated heterocycles. The average molecular weight is 241 g/mol. The monoisotopic (exact) mass is 241 g/mol. The number of aromatic nitrogens is 1. The SMILES string of the molecule is CN1CCC(OCc2csc(CN)n2)CC1. The molecule has 0 aliphatic carbocycles. The summed E-state index contributed by atoms with van der Waals surface area (Å²) < 4.78 is 5.85. The summed E-state index contributed by atoms with van der Waals surface area (Å²) in [6.07, 6.45) is 2.66. The quantitative estimate of drug-likeness (QED) is 0.861. The summed E-state index contributed by atoms with van der Waals surface area (Å²) in [6.45, 7) is 3.43. The van der Waals surface area contributed by atoms with E-state index in [2.05, 4.69) is 16.9 Å². The molecule has 0 amide bonds. The summed E-state index contributed by atoms with van der Waals surface area (Å²) in [5.74, 6) is 0. The molecule has 1 aliphatic heterocycles. The van der Waals surface area contributed by atoms with Gasteiger partial charge in [-0.1, -0.05) is 0 Å². The summed E-state index contributed by atoms with van der Waals surface area (Å²) in [5, 5.41) is 3.03. The number of likely N-dealkylation sites (tertiary alicyclic amines) is 1. The van der Waals surface area contributed by atoms with Crippen LogP contribution >= 0.6 is 11.3 Å². The summed E-state index contributed by atoms with van der Waals surface area (Å²) in [4.78, 5) is 6.73. The Morgan fingerprint density at radius 1 is 1.56 bits per heavy atom. The maximum Gasteiger partial charge on any atom is 0.107 e. The Kier molecular flexibility index (Phi) is 4.29. The molecule has 2 heterocycles. The molecule has 2 N–H and O–H groups in total. The molecular formula is C11H19N3OS. The van der Waals surface area contributed by atoms with Crippen LogP contribution in [0.2, 0.25) is 0 Å². The van der Waals surface area contributed by atoms with Crippen molar-refractivity contribution < 1.29 is 4.74 Å². The fourth-order valence-electron chi connectivity index (χ4n) is 1.86. The van der Waals surface area contributed by atoms with Gasteiger partial charge in [0.1, 0.15) is 5.01 Å². The molecule has 0 saturated carbocycles. The van der Waals surface area contributed by atoms with Crippen LogP contribution < -0.4 is 5.73 Å². The van der Waals surface area contributed by atoms with E-state index in [0.29, 0.717) is 19.3 Å². The normalized spacial score (nSPS) is 19.1. The molecule has 1 fully saturated rings. The number of rotatable bonds is 4. The second-order valence-electron chi connectivity index (χ2n) is 4.25. The Morgan fingerprint density at radius 2 is 2.31 bits per heavy atom. The highest BCUT2D eigenvalue weighted by atomic mass is 32.1. The van der Waals surface area contributed by atoms with Crippen LogP contribution in [-0.2, 0) is 17.9 Å². The number of nitrogens with zero attached hydrogens (tertiary/aromatic N) is 2. The highest BCUT2D eigenvalue weighted by Gasteiger charge is 2.17. The fraction of sp³-hybridized carbons (Fsp3) is 0.727. The van der Waals surface area contributed by atoms with E-state index >= 15 is 0 Å². The van der Waals surface area contributed by atoms with Gasteiger partial charge < -0.3 is 15.4 Å². The molecule has 0 spiro atoms. The van der Waals surface area contributed by atoms with Gasteiger partial charge in [-0.05, 0) is 19.9 Å². The van der Waals surface area contributed by atoms with E-state index in [0.717, 1.165) is 36.6 Å². The van der Waals surface area contributed by atoms with Crippen LogP contribution in [-0.4, -0.2) is 36.1 Å². The summed E-state index contributed by atoms with van der Waals surface area (Å²) >= 11 is 1.61. The van der Waals surface area contributed by atoms with Crippen LogP contribution in [0, 0.1) is 0 Å². The first-order chi connectivity index (χ1) is 7.78. The summed E-state index contributed by atoms with van der Waals surface area (Å²) in [5.41, 5.74) is 6.54. The largest absolute Gasteiger partial charge is 0.372 e. The molecule has 1 aliphatic rings. The van der Waals surface area contributed by atoms with Crippen molar-refractivity contribution in [1.29, 1.82) is 0 Å². The third-order valence-electron chi connectivity index (χ3n) is 2.91. The van der Waals surface area contributed by atoms with Crippen molar-refractivity contribution in [2.75, 3.05) is 20.1 Å². The first kappa shape index (κ1) is 12.0. The van der Waals surface area contributed by atoms with Crippen molar-refractivity contribution in [3.63, 3.8) is 0 Å². The number of hydrogen-bond donors (Lipinski definition) is 1. The minimum atomic E-state index is 0.402. The highest BCUT2D eigenvalue weighted by molar-refractivity contribution is 7.09. The average Bonchev–Trinajstić information content (AvgIpc) is 2.76. The molecule has 0 aromatic carbocycles. The van der Waals surface area contributed by atoms with Crippen LogP contribution in [0.3, 0.4) is 0 Å². The maximum absolute atomic E-state index is 5.85. The first-order valence-corrected chi connectivity index (χ1v) is 6.59. The van der Waals surface area contributed by atoms with Crippen molar-refractivity contribution in [2.24, 2.45) is 5.73 Å². The second-order valence-corrected chi connectivity index (χ2v) is 5.19. The second kappa shape index (κ2) is 5.72. The van der Waals surface area contributed by atoms with Crippen LogP contribution in [0.25, 0.3) is 0 Å². The number of hydrogen-bond acceptors (Lipinski definition) is 5. The van der Waals surface area contributed by atoms with Crippen molar-refractivity contribution in [3.05, 3.63) is 16.1 Å². The van der Waals surface area contributed by atoms with E-state index < -0.39 is 0 Å². The van der Waals surface area contributed by atoms with Crippen molar-refractivity contribution in [2.45, 2.75) is 32.1 Å². The van der Waals surface area contributed by atoms with E-state index in [1.54, 1.807) is 11.3 Å². The summed E-state index contributed by atoms with van der Waals surface area (Å²) in [7, 11) is 2.16. The highest BCUT2D eigenvalue weighted by Crippen LogP contribution is 2.15. The molecule has 0 atom stereocenters.